The quantitative estimate of drug-likeness (QED) is 0.541. The Morgan fingerprint density at radius 1 is 1.17 bits per heavy atom. The molecule has 1 N–H and O–H groups in total. The van der Waals surface area contributed by atoms with E-state index in [0.717, 1.165) is 61.2 Å². The molecule has 0 radical (unpaired) electrons. The Hall–Kier alpha value is -3.18. The van der Waals surface area contributed by atoms with Crippen molar-refractivity contribution in [3.05, 3.63) is 83.1 Å². The van der Waals surface area contributed by atoms with E-state index in [-0.39, 0.29) is 11.5 Å². The van der Waals surface area contributed by atoms with Gasteiger partial charge in [0, 0.05) is 49.5 Å². The fourth-order valence-electron chi connectivity index (χ4n) is 4.94. The van der Waals surface area contributed by atoms with Crippen molar-refractivity contribution >= 4 is 17.7 Å². The molecule has 5 heteroatoms. The second-order valence-corrected chi connectivity index (χ2v) is 9.17. The number of fused-ring (bicyclic) bond motifs is 1. The molecule has 1 aromatic rings. The molecule has 1 amide bonds. The number of hydrogen-bond donors (Lipinski definition) is 1. The Bertz CT molecular complexity index is 1110. The molecular weight excluding hydrogens is 434 g/mol. The van der Waals surface area contributed by atoms with Gasteiger partial charge in [-0.2, -0.15) is 0 Å². The fourth-order valence-corrected chi connectivity index (χ4v) is 4.94. The molecule has 184 valence electrons. The Labute approximate surface area is 209 Å². The van der Waals surface area contributed by atoms with Crippen LogP contribution in [-0.4, -0.2) is 48.8 Å². The summed E-state index contributed by atoms with van der Waals surface area (Å²) in [7, 11) is 0. The molecule has 1 saturated heterocycles. The molecule has 2 heterocycles. The van der Waals surface area contributed by atoms with E-state index in [4.69, 9.17) is 4.74 Å². The molecule has 2 aliphatic heterocycles. The molecule has 0 atom stereocenters. The van der Waals surface area contributed by atoms with Crippen molar-refractivity contribution in [1.29, 1.82) is 0 Å². The summed E-state index contributed by atoms with van der Waals surface area (Å²) in [4.78, 5) is 19.0. The fraction of sp³-hybridized carbons (Fsp3) is 0.400. The maximum absolute atomic E-state index is 13.0. The predicted molar refractivity (Wildman–Crippen MR) is 145 cm³/mol. The predicted octanol–water partition coefficient (Wildman–Crippen LogP) is 5.41. The number of hydrogen-bond acceptors (Lipinski definition) is 4. The second-order valence-electron chi connectivity index (χ2n) is 9.17. The number of ether oxygens (including phenoxy) is 1. The van der Waals surface area contributed by atoms with Crippen molar-refractivity contribution in [3.63, 3.8) is 0 Å². The first-order chi connectivity index (χ1) is 17.1. The Balaban J connectivity index is 1.68. The van der Waals surface area contributed by atoms with Gasteiger partial charge in [-0.15, -0.1) is 0 Å². The summed E-state index contributed by atoms with van der Waals surface area (Å²) in [6.07, 6.45) is 19.8. The zero-order chi connectivity index (χ0) is 24.7. The number of piperidine rings is 1. The minimum atomic E-state index is -0.293. The van der Waals surface area contributed by atoms with Gasteiger partial charge in [0.05, 0.1) is 0 Å². The van der Waals surface area contributed by atoms with Crippen LogP contribution in [0.3, 0.4) is 0 Å². The topological polar surface area (TPSA) is 53.9 Å². The number of amides is 1. The van der Waals surface area contributed by atoms with Crippen molar-refractivity contribution in [2.45, 2.75) is 52.1 Å². The number of carbonyl (C=O) groups is 1. The molecule has 1 aromatic carbocycles. The lowest BCUT2D eigenvalue weighted by molar-refractivity contribution is -0.126. The highest BCUT2D eigenvalue weighted by Gasteiger charge is 2.37. The molecule has 35 heavy (non-hydrogen) atoms. The molecule has 3 aliphatic rings. The van der Waals surface area contributed by atoms with Crippen LogP contribution in [0.25, 0.3) is 5.57 Å². The number of aliphatic imine (C=N–C) groups is 1. The third-order valence-electron chi connectivity index (χ3n) is 6.93. The minimum Gasteiger partial charge on any atom is -0.482 e. The van der Waals surface area contributed by atoms with Gasteiger partial charge in [0.1, 0.15) is 11.4 Å². The highest BCUT2D eigenvalue weighted by atomic mass is 16.5. The van der Waals surface area contributed by atoms with Crippen LogP contribution in [0.4, 0.5) is 0 Å². The van der Waals surface area contributed by atoms with E-state index in [0.29, 0.717) is 13.1 Å². The van der Waals surface area contributed by atoms with Gasteiger partial charge in [-0.3, -0.25) is 9.79 Å². The maximum Gasteiger partial charge on any atom is 0.253 e. The molecule has 0 aromatic heterocycles. The summed E-state index contributed by atoms with van der Waals surface area (Å²) in [5, 5.41) is 3.46. The number of rotatable bonds is 7. The van der Waals surface area contributed by atoms with E-state index >= 15 is 0 Å². The van der Waals surface area contributed by atoms with E-state index in [9.17, 15) is 4.79 Å². The third kappa shape index (κ3) is 5.73. The molecule has 1 aliphatic carbocycles. The van der Waals surface area contributed by atoms with Gasteiger partial charge in [-0.25, -0.2) is 0 Å². The van der Waals surface area contributed by atoms with E-state index < -0.39 is 0 Å². The van der Waals surface area contributed by atoms with Crippen LogP contribution in [0, 0.1) is 0 Å². The van der Waals surface area contributed by atoms with E-state index in [1.165, 1.54) is 11.1 Å². The summed E-state index contributed by atoms with van der Waals surface area (Å²) in [6.45, 7) is 9.28. The SMILES string of the molecule is CC=N/C=C\Cc1ccc2c(c1)C(C1=CCC=C(C(=O)N(CC)CC)C=C1)=CC1(CCNCC1)O2. The maximum atomic E-state index is 13.0. The molecule has 0 saturated carbocycles. The Morgan fingerprint density at radius 3 is 2.71 bits per heavy atom. The van der Waals surface area contributed by atoms with Gasteiger partial charge in [0.2, 0.25) is 0 Å². The monoisotopic (exact) mass is 471 g/mol. The molecule has 1 fully saturated rings. The largest absolute Gasteiger partial charge is 0.482 e. The lowest BCUT2D eigenvalue weighted by Gasteiger charge is -2.40. The Kier molecular flexibility index (Phi) is 8.19. The van der Waals surface area contributed by atoms with Gasteiger partial charge in [0.15, 0.2) is 0 Å². The summed E-state index contributed by atoms with van der Waals surface area (Å²) in [5.74, 6) is 1.04. The van der Waals surface area contributed by atoms with Crippen molar-refractivity contribution in [3.8, 4) is 5.75 Å². The van der Waals surface area contributed by atoms with Crippen LogP contribution in [0.15, 0.2) is 77.0 Å². The van der Waals surface area contributed by atoms with Crippen LogP contribution in [-0.2, 0) is 11.2 Å². The minimum absolute atomic E-state index is 0.0981. The average molecular weight is 472 g/mol. The van der Waals surface area contributed by atoms with Crippen LogP contribution in [0.1, 0.15) is 51.2 Å². The second kappa shape index (κ2) is 11.5. The zero-order valence-electron chi connectivity index (χ0n) is 21.2. The highest BCUT2D eigenvalue weighted by molar-refractivity contribution is 5.97. The van der Waals surface area contributed by atoms with Crippen molar-refractivity contribution in [2.24, 2.45) is 4.99 Å². The number of allylic oxidation sites excluding steroid dienone is 6. The van der Waals surface area contributed by atoms with Crippen molar-refractivity contribution < 1.29 is 9.53 Å². The standard InChI is InChI=1S/C30H37N3O2/c1-4-31-18-8-9-23-12-15-28-26(21-23)27(22-30(35-28)16-19-32-20-17-30)24-10-7-11-25(14-13-24)29(34)33(5-2)6-3/h4,8,10-15,18,21-22,32H,5-7,9,16-17,19-20H2,1-3H3/b18-8-,31-4?. The van der Waals surface area contributed by atoms with Gasteiger partial charge >= 0.3 is 0 Å². The summed E-state index contributed by atoms with van der Waals surface area (Å²) >= 11 is 0. The van der Waals surface area contributed by atoms with Gasteiger partial charge in [-0.05, 0) is 87.7 Å². The van der Waals surface area contributed by atoms with Crippen molar-refractivity contribution in [2.75, 3.05) is 26.2 Å². The van der Waals surface area contributed by atoms with Crippen LogP contribution < -0.4 is 10.1 Å². The van der Waals surface area contributed by atoms with E-state index in [1.807, 2.05) is 44.0 Å². The number of benzene rings is 1. The van der Waals surface area contributed by atoms with Gasteiger partial charge in [0.25, 0.3) is 5.91 Å². The smallest absolute Gasteiger partial charge is 0.253 e. The molecule has 1 spiro atoms. The molecule has 0 unspecified atom stereocenters. The van der Waals surface area contributed by atoms with Gasteiger partial charge < -0.3 is 15.0 Å². The number of likely N-dealkylation sites (N-methyl/N-ethyl adjacent to an activating group) is 1. The Morgan fingerprint density at radius 2 is 1.97 bits per heavy atom. The number of nitrogens with zero attached hydrogens (tertiary/aromatic N) is 2. The highest BCUT2D eigenvalue weighted by Crippen LogP contribution is 2.44. The van der Waals surface area contributed by atoms with Crippen LogP contribution >= 0.6 is 0 Å². The molecule has 0 bridgehead atoms. The molecule has 4 rings (SSSR count). The zero-order valence-corrected chi connectivity index (χ0v) is 21.2. The average Bonchev–Trinajstić information content (AvgIpc) is 3.14. The lowest BCUT2D eigenvalue weighted by atomic mass is 9.82. The van der Waals surface area contributed by atoms with Crippen molar-refractivity contribution in [1.82, 2.24) is 10.2 Å². The summed E-state index contributed by atoms with van der Waals surface area (Å²) < 4.78 is 6.65. The van der Waals surface area contributed by atoms with E-state index in [1.54, 1.807) is 6.21 Å². The lowest BCUT2D eigenvalue weighted by Crippen LogP contribution is -2.46. The van der Waals surface area contributed by atoms with Crippen LogP contribution in [0.5, 0.6) is 5.75 Å². The normalized spacial score (nSPS) is 19.1. The van der Waals surface area contributed by atoms with E-state index in [2.05, 4.69) is 52.8 Å². The molecular formula is C30H37N3O2. The van der Waals surface area contributed by atoms with Crippen LogP contribution in [0.2, 0.25) is 0 Å². The van der Waals surface area contributed by atoms with Gasteiger partial charge in [-0.1, -0.05) is 30.4 Å². The first kappa shape index (κ1) is 24.9. The molecule has 5 nitrogen and oxygen atoms in total. The number of carbonyl (C=O) groups excluding carboxylic acids is 1. The third-order valence-corrected chi connectivity index (χ3v) is 6.93. The first-order valence-corrected chi connectivity index (χ1v) is 12.9. The first-order valence-electron chi connectivity index (χ1n) is 12.9. The summed E-state index contributed by atoms with van der Waals surface area (Å²) in [5.41, 5.74) is 5.16. The number of nitrogens with one attached hydrogen (secondary N) is 1. The summed E-state index contributed by atoms with van der Waals surface area (Å²) in [6, 6.07) is 6.51.